The molecule has 0 saturated heterocycles. The zero-order valence-electron chi connectivity index (χ0n) is 12.6. The molecule has 0 unspecified atom stereocenters. The summed E-state index contributed by atoms with van der Waals surface area (Å²) < 4.78 is 0. The summed E-state index contributed by atoms with van der Waals surface area (Å²) >= 11 is 0. The molecule has 1 aromatic rings. The van der Waals surface area contributed by atoms with Gasteiger partial charge in [0.2, 0.25) is 0 Å². The Balaban J connectivity index is 1.76. The summed E-state index contributed by atoms with van der Waals surface area (Å²) in [7, 11) is 0. The largest absolute Gasteiger partial charge is 0.378 e. The van der Waals surface area contributed by atoms with Gasteiger partial charge in [-0.15, -0.1) is 0 Å². The van der Waals surface area contributed by atoms with Gasteiger partial charge < -0.3 is 16.4 Å². The Morgan fingerprint density at radius 1 is 1.32 bits per heavy atom. The third kappa shape index (κ3) is 4.91. The Morgan fingerprint density at radius 2 is 2.05 bits per heavy atom. The number of nitro benzene ring substituents is 1. The Morgan fingerprint density at radius 3 is 2.77 bits per heavy atom. The predicted molar refractivity (Wildman–Crippen MR) is 88.1 cm³/mol. The van der Waals surface area contributed by atoms with Crippen LogP contribution in [0.15, 0.2) is 29.3 Å². The second kappa shape index (κ2) is 8.21. The number of para-hydroxylation sites is 2. The van der Waals surface area contributed by atoms with Gasteiger partial charge in [0.25, 0.3) is 5.69 Å². The highest BCUT2D eigenvalue weighted by Crippen LogP contribution is 2.22. The number of anilines is 1. The zero-order valence-corrected chi connectivity index (χ0v) is 12.6. The average Bonchev–Trinajstić information content (AvgIpc) is 2.53. The van der Waals surface area contributed by atoms with Crippen LogP contribution in [0.25, 0.3) is 0 Å². The maximum Gasteiger partial charge on any atom is 0.292 e. The predicted octanol–water partition coefficient (Wildman–Crippen LogP) is 2.24. The van der Waals surface area contributed by atoms with Crippen LogP contribution < -0.4 is 16.4 Å². The molecule has 1 fully saturated rings. The summed E-state index contributed by atoms with van der Waals surface area (Å²) in [4.78, 5) is 14.8. The summed E-state index contributed by atoms with van der Waals surface area (Å²) in [6.45, 7) is 0.968. The normalized spacial score (nSPS) is 16.3. The van der Waals surface area contributed by atoms with Crippen LogP contribution in [0.3, 0.4) is 0 Å². The highest BCUT2D eigenvalue weighted by atomic mass is 16.6. The average molecular weight is 305 g/mol. The van der Waals surface area contributed by atoms with Gasteiger partial charge in [0, 0.05) is 18.7 Å². The van der Waals surface area contributed by atoms with E-state index in [-0.39, 0.29) is 5.69 Å². The summed E-state index contributed by atoms with van der Waals surface area (Å²) in [6.07, 6.45) is 6.07. The van der Waals surface area contributed by atoms with Gasteiger partial charge in [-0.2, -0.15) is 0 Å². The van der Waals surface area contributed by atoms with Crippen LogP contribution in [0.4, 0.5) is 11.4 Å². The van der Waals surface area contributed by atoms with E-state index in [0.717, 1.165) is 12.8 Å². The van der Waals surface area contributed by atoms with E-state index in [2.05, 4.69) is 15.6 Å². The lowest BCUT2D eigenvalue weighted by atomic mass is 9.96. The molecule has 0 bridgehead atoms. The second-order valence-corrected chi connectivity index (χ2v) is 5.45. The number of nitro groups is 1. The van der Waals surface area contributed by atoms with E-state index in [1.54, 1.807) is 18.2 Å². The molecule has 7 nitrogen and oxygen atoms in total. The maximum atomic E-state index is 10.9. The number of hydrogen-bond donors (Lipinski definition) is 3. The first kappa shape index (κ1) is 16.1. The molecule has 0 amide bonds. The first-order valence-corrected chi connectivity index (χ1v) is 7.70. The number of nitrogens with one attached hydrogen (secondary N) is 2. The molecule has 1 aliphatic rings. The zero-order chi connectivity index (χ0) is 15.8. The SMILES string of the molecule is NC(=NCCNc1ccccc1[N+](=O)[O-])NC1CCCCC1. The minimum Gasteiger partial charge on any atom is -0.378 e. The van der Waals surface area contributed by atoms with Gasteiger partial charge in [0.05, 0.1) is 11.5 Å². The fourth-order valence-corrected chi connectivity index (χ4v) is 2.65. The topological polar surface area (TPSA) is 106 Å². The monoisotopic (exact) mass is 305 g/mol. The van der Waals surface area contributed by atoms with Crippen molar-refractivity contribution in [3.05, 3.63) is 34.4 Å². The lowest BCUT2D eigenvalue weighted by Crippen LogP contribution is -2.41. The first-order valence-electron chi connectivity index (χ1n) is 7.70. The number of benzene rings is 1. The molecule has 1 aliphatic carbocycles. The van der Waals surface area contributed by atoms with Crippen LogP contribution in [0.5, 0.6) is 0 Å². The molecule has 0 radical (unpaired) electrons. The van der Waals surface area contributed by atoms with Crippen LogP contribution in [0, 0.1) is 10.1 Å². The van der Waals surface area contributed by atoms with Crippen LogP contribution in [0.2, 0.25) is 0 Å². The fraction of sp³-hybridized carbons (Fsp3) is 0.533. The molecule has 120 valence electrons. The van der Waals surface area contributed by atoms with Crippen LogP contribution >= 0.6 is 0 Å². The third-order valence-electron chi connectivity index (χ3n) is 3.77. The van der Waals surface area contributed by atoms with E-state index in [4.69, 9.17) is 5.73 Å². The number of hydrogen-bond acceptors (Lipinski definition) is 4. The molecule has 4 N–H and O–H groups in total. The van der Waals surface area contributed by atoms with Crippen molar-refractivity contribution in [1.29, 1.82) is 0 Å². The van der Waals surface area contributed by atoms with Gasteiger partial charge >= 0.3 is 0 Å². The summed E-state index contributed by atoms with van der Waals surface area (Å²) in [5, 5.41) is 17.2. The van der Waals surface area contributed by atoms with Crippen LogP contribution in [-0.4, -0.2) is 30.0 Å². The third-order valence-corrected chi connectivity index (χ3v) is 3.77. The highest BCUT2D eigenvalue weighted by Gasteiger charge is 2.13. The van der Waals surface area contributed by atoms with Crippen molar-refractivity contribution in [2.45, 2.75) is 38.1 Å². The number of aliphatic imine (C=N–C) groups is 1. The minimum absolute atomic E-state index is 0.0692. The summed E-state index contributed by atoms with van der Waals surface area (Å²) in [6, 6.07) is 7.00. The van der Waals surface area contributed by atoms with Crippen molar-refractivity contribution in [1.82, 2.24) is 5.32 Å². The van der Waals surface area contributed by atoms with Crippen LogP contribution in [-0.2, 0) is 0 Å². The Hall–Kier alpha value is -2.31. The standard InChI is InChI=1S/C15H23N5O2/c16-15(19-12-6-2-1-3-7-12)18-11-10-17-13-8-4-5-9-14(13)20(21)22/h4-5,8-9,12,17H,1-3,6-7,10-11H2,(H3,16,18,19). The van der Waals surface area contributed by atoms with Crippen molar-refractivity contribution in [2.75, 3.05) is 18.4 Å². The summed E-state index contributed by atoms with van der Waals surface area (Å²) in [5.41, 5.74) is 6.44. The molecule has 1 saturated carbocycles. The molecular formula is C15H23N5O2. The molecule has 1 aromatic carbocycles. The Kier molecular flexibility index (Phi) is 6.00. The molecule has 0 atom stereocenters. The van der Waals surface area contributed by atoms with E-state index in [9.17, 15) is 10.1 Å². The van der Waals surface area contributed by atoms with E-state index in [0.29, 0.717) is 30.8 Å². The smallest absolute Gasteiger partial charge is 0.292 e. The quantitative estimate of drug-likeness (QED) is 0.246. The van der Waals surface area contributed by atoms with Crippen molar-refractivity contribution in [3.63, 3.8) is 0 Å². The molecule has 0 aromatic heterocycles. The van der Waals surface area contributed by atoms with Gasteiger partial charge in [-0.05, 0) is 18.9 Å². The number of nitrogens with zero attached hydrogens (tertiary/aromatic N) is 2. The molecular weight excluding hydrogens is 282 g/mol. The van der Waals surface area contributed by atoms with Crippen molar-refractivity contribution in [2.24, 2.45) is 10.7 Å². The van der Waals surface area contributed by atoms with Gasteiger partial charge in [0.15, 0.2) is 5.96 Å². The molecule has 0 aliphatic heterocycles. The fourth-order valence-electron chi connectivity index (χ4n) is 2.65. The lowest BCUT2D eigenvalue weighted by molar-refractivity contribution is -0.384. The van der Waals surface area contributed by atoms with Crippen molar-refractivity contribution >= 4 is 17.3 Å². The molecule has 7 heteroatoms. The Labute approximate surface area is 130 Å². The second-order valence-electron chi connectivity index (χ2n) is 5.45. The van der Waals surface area contributed by atoms with Gasteiger partial charge in [-0.3, -0.25) is 15.1 Å². The van der Waals surface area contributed by atoms with Crippen LogP contribution in [0.1, 0.15) is 32.1 Å². The Bertz CT molecular complexity index is 526. The van der Waals surface area contributed by atoms with Crippen molar-refractivity contribution < 1.29 is 4.92 Å². The number of guanidine groups is 1. The van der Waals surface area contributed by atoms with E-state index in [1.165, 1.54) is 25.3 Å². The number of rotatable bonds is 6. The molecule has 22 heavy (non-hydrogen) atoms. The minimum atomic E-state index is -0.398. The molecule has 0 spiro atoms. The summed E-state index contributed by atoms with van der Waals surface area (Å²) in [5.74, 6) is 0.455. The van der Waals surface area contributed by atoms with E-state index in [1.807, 2.05) is 0 Å². The first-order chi connectivity index (χ1) is 10.7. The van der Waals surface area contributed by atoms with E-state index >= 15 is 0 Å². The van der Waals surface area contributed by atoms with Gasteiger partial charge in [0.1, 0.15) is 5.69 Å². The van der Waals surface area contributed by atoms with Gasteiger partial charge in [-0.1, -0.05) is 31.4 Å². The van der Waals surface area contributed by atoms with Gasteiger partial charge in [-0.25, -0.2) is 0 Å². The highest BCUT2D eigenvalue weighted by molar-refractivity contribution is 5.78. The number of nitrogens with two attached hydrogens (primary N) is 1. The van der Waals surface area contributed by atoms with Crippen molar-refractivity contribution in [3.8, 4) is 0 Å². The molecule has 2 rings (SSSR count). The lowest BCUT2D eigenvalue weighted by Gasteiger charge is -2.23. The maximum absolute atomic E-state index is 10.9. The molecule has 0 heterocycles. The van der Waals surface area contributed by atoms with E-state index < -0.39 is 4.92 Å².